The summed E-state index contributed by atoms with van der Waals surface area (Å²) >= 11 is 11.6. The number of carbonyl (C=O) groups is 2. The van der Waals surface area contributed by atoms with Crippen molar-refractivity contribution in [1.29, 1.82) is 0 Å². The second-order valence-electron chi connectivity index (χ2n) is 7.41. The molecular weight excluding hydrogens is 460 g/mol. The number of carbonyl (C=O) groups excluding carboxylic acids is 2. The fraction of sp³-hybridized carbons (Fsp3) is 0.364. The van der Waals surface area contributed by atoms with Crippen LogP contribution in [0.2, 0.25) is 10.0 Å². The van der Waals surface area contributed by atoms with Gasteiger partial charge in [-0.1, -0.05) is 23.2 Å². The highest BCUT2D eigenvalue weighted by atomic mass is 35.5. The van der Waals surface area contributed by atoms with E-state index in [-0.39, 0.29) is 49.3 Å². The molecule has 2 amide bonds. The molecule has 0 saturated heterocycles. The van der Waals surface area contributed by atoms with Crippen LogP contribution in [-0.2, 0) is 16.0 Å². The summed E-state index contributed by atoms with van der Waals surface area (Å²) in [5.74, 6) is -1.07. The van der Waals surface area contributed by atoms with Gasteiger partial charge in [0.1, 0.15) is 11.6 Å². The summed E-state index contributed by atoms with van der Waals surface area (Å²) in [7, 11) is 0. The van der Waals surface area contributed by atoms with Crippen molar-refractivity contribution in [3.8, 4) is 5.75 Å². The van der Waals surface area contributed by atoms with E-state index in [1.165, 1.54) is 12.1 Å². The van der Waals surface area contributed by atoms with Crippen molar-refractivity contribution in [3.63, 3.8) is 0 Å². The van der Waals surface area contributed by atoms with Crippen molar-refractivity contribution in [3.05, 3.63) is 57.8 Å². The van der Waals surface area contributed by atoms with E-state index in [1.54, 1.807) is 6.07 Å². The van der Waals surface area contributed by atoms with Gasteiger partial charge in [0.25, 0.3) is 5.91 Å². The van der Waals surface area contributed by atoms with Crippen molar-refractivity contribution < 1.29 is 23.8 Å². The Kier molecular flexibility index (Phi) is 8.55. The van der Waals surface area contributed by atoms with Crippen LogP contribution in [-0.4, -0.2) is 55.8 Å². The summed E-state index contributed by atoms with van der Waals surface area (Å²) < 4.78 is 18.5. The molecule has 0 radical (unpaired) electrons. The number of fused-ring (bicyclic) bond motifs is 1. The molecule has 7 nitrogen and oxygen atoms in total. The number of benzene rings is 2. The molecule has 0 aliphatic carbocycles. The van der Waals surface area contributed by atoms with Crippen LogP contribution in [0.4, 0.5) is 10.1 Å². The first-order valence-electron chi connectivity index (χ1n) is 10.1. The zero-order chi connectivity index (χ0) is 23.1. The van der Waals surface area contributed by atoms with E-state index >= 15 is 0 Å². The Hall–Kier alpha value is -2.55. The number of anilines is 1. The minimum Gasteiger partial charge on any atom is -0.484 e. The molecule has 3 rings (SSSR count). The lowest BCUT2D eigenvalue weighted by atomic mass is 10.2. The fourth-order valence-corrected chi connectivity index (χ4v) is 3.62. The van der Waals surface area contributed by atoms with E-state index in [1.807, 2.05) is 17.0 Å². The Balaban J connectivity index is 1.29. The highest BCUT2D eigenvalue weighted by molar-refractivity contribution is 6.31. The van der Waals surface area contributed by atoms with Crippen LogP contribution in [0, 0.1) is 5.82 Å². The van der Waals surface area contributed by atoms with Gasteiger partial charge in [-0.3, -0.25) is 9.59 Å². The van der Waals surface area contributed by atoms with Gasteiger partial charge >= 0.3 is 0 Å². The SMILES string of the molecule is O=C(COc1ccc(Cl)c(F)c1)NC[C@@H](O)CCNC(=O)CN1CCc2cc(Cl)ccc21. The number of amides is 2. The van der Waals surface area contributed by atoms with Crippen LogP contribution >= 0.6 is 23.2 Å². The van der Waals surface area contributed by atoms with Gasteiger partial charge in [-0.15, -0.1) is 0 Å². The zero-order valence-electron chi connectivity index (χ0n) is 17.2. The van der Waals surface area contributed by atoms with Gasteiger partial charge in [-0.25, -0.2) is 4.39 Å². The summed E-state index contributed by atoms with van der Waals surface area (Å²) in [5.41, 5.74) is 2.14. The Labute approximate surface area is 195 Å². The predicted molar refractivity (Wildman–Crippen MR) is 121 cm³/mol. The molecule has 172 valence electrons. The number of hydrogen-bond acceptors (Lipinski definition) is 5. The average Bonchev–Trinajstić information content (AvgIpc) is 3.14. The lowest BCUT2D eigenvalue weighted by Crippen LogP contribution is -2.39. The number of rotatable bonds is 10. The summed E-state index contributed by atoms with van der Waals surface area (Å²) in [6.07, 6.45) is 0.293. The van der Waals surface area contributed by atoms with E-state index in [2.05, 4.69) is 10.6 Å². The minimum absolute atomic E-state index is 0.00724. The number of aliphatic hydroxyl groups excluding tert-OH is 1. The quantitative estimate of drug-likeness (QED) is 0.483. The van der Waals surface area contributed by atoms with Gasteiger partial charge in [-0.05, 0) is 48.7 Å². The number of aliphatic hydroxyl groups is 1. The number of nitrogens with zero attached hydrogens (tertiary/aromatic N) is 1. The lowest BCUT2D eigenvalue weighted by Gasteiger charge is -2.19. The molecule has 1 atom stereocenters. The zero-order valence-corrected chi connectivity index (χ0v) is 18.8. The molecule has 0 aromatic heterocycles. The Morgan fingerprint density at radius 2 is 1.97 bits per heavy atom. The molecule has 2 aromatic carbocycles. The molecule has 0 fully saturated rings. The largest absolute Gasteiger partial charge is 0.484 e. The molecule has 10 heteroatoms. The molecule has 0 bridgehead atoms. The highest BCUT2D eigenvalue weighted by Gasteiger charge is 2.21. The van der Waals surface area contributed by atoms with Crippen molar-refractivity contribution in [1.82, 2.24) is 10.6 Å². The summed E-state index contributed by atoms with van der Waals surface area (Å²) in [5, 5.41) is 16.0. The van der Waals surface area contributed by atoms with Crippen LogP contribution in [0.3, 0.4) is 0 Å². The van der Waals surface area contributed by atoms with Gasteiger partial charge in [0.15, 0.2) is 6.61 Å². The van der Waals surface area contributed by atoms with Crippen molar-refractivity contribution in [2.24, 2.45) is 0 Å². The topological polar surface area (TPSA) is 90.9 Å². The van der Waals surface area contributed by atoms with Gasteiger partial charge in [-0.2, -0.15) is 0 Å². The van der Waals surface area contributed by atoms with Crippen molar-refractivity contribution in [2.45, 2.75) is 18.9 Å². The molecule has 1 heterocycles. The number of ether oxygens (including phenoxy) is 1. The van der Waals surface area contributed by atoms with Gasteiger partial charge < -0.3 is 25.4 Å². The Bertz CT molecular complexity index is 976. The first-order chi connectivity index (χ1) is 15.3. The van der Waals surface area contributed by atoms with Crippen LogP contribution in [0.15, 0.2) is 36.4 Å². The standard InChI is InChI=1S/C22H24Cl2FN3O4/c23-15-1-4-20-14(9-15)6-8-28(20)12-21(30)26-7-5-16(29)11-27-22(31)13-32-17-2-3-18(24)19(25)10-17/h1-4,9-10,16,29H,5-8,11-13H2,(H,26,30)(H,27,31)/t16-/m0/s1. The average molecular weight is 484 g/mol. The monoisotopic (exact) mass is 483 g/mol. The van der Waals surface area contributed by atoms with E-state index in [0.29, 0.717) is 5.02 Å². The molecule has 1 aliphatic heterocycles. The third kappa shape index (κ3) is 6.98. The summed E-state index contributed by atoms with van der Waals surface area (Å²) in [4.78, 5) is 26.0. The maximum Gasteiger partial charge on any atom is 0.258 e. The predicted octanol–water partition coefficient (Wildman–Crippen LogP) is 2.56. The Morgan fingerprint density at radius 1 is 1.16 bits per heavy atom. The van der Waals surface area contributed by atoms with Crippen LogP contribution in [0.5, 0.6) is 5.75 Å². The molecule has 32 heavy (non-hydrogen) atoms. The first-order valence-corrected chi connectivity index (χ1v) is 10.9. The van der Waals surface area contributed by atoms with E-state index in [0.717, 1.165) is 30.3 Å². The number of hydrogen-bond donors (Lipinski definition) is 3. The maximum absolute atomic E-state index is 13.3. The lowest BCUT2D eigenvalue weighted by molar-refractivity contribution is -0.123. The smallest absolute Gasteiger partial charge is 0.258 e. The van der Waals surface area contributed by atoms with Crippen LogP contribution < -0.4 is 20.3 Å². The van der Waals surface area contributed by atoms with Gasteiger partial charge in [0.05, 0.1) is 17.7 Å². The van der Waals surface area contributed by atoms with Crippen molar-refractivity contribution in [2.75, 3.05) is 37.7 Å². The van der Waals surface area contributed by atoms with Crippen LogP contribution in [0.25, 0.3) is 0 Å². The van der Waals surface area contributed by atoms with E-state index in [4.69, 9.17) is 27.9 Å². The Morgan fingerprint density at radius 3 is 2.75 bits per heavy atom. The molecule has 2 aromatic rings. The minimum atomic E-state index is -0.832. The first kappa shape index (κ1) is 24.1. The van der Waals surface area contributed by atoms with Crippen molar-refractivity contribution >= 4 is 40.7 Å². The third-order valence-corrected chi connectivity index (χ3v) is 5.50. The normalized spacial score (nSPS) is 13.4. The third-order valence-electron chi connectivity index (χ3n) is 4.96. The van der Waals surface area contributed by atoms with Gasteiger partial charge in [0.2, 0.25) is 5.91 Å². The van der Waals surface area contributed by atoms with E-state index < -0.39 is 17.8 Å². The van der Waals surface area contributed by atoms with Gasteiger partial charge in [0, 0.05) is 36.4 Å². The fourth-order valence-electron chi connectivity index (χ4n) is 3.31. The molecule has 0 saturated carbocycles. The summed E-state index contributed by atoms with van der Waals surface area (Å²) in [6, 6.07) is 9.51. The summed E-state index contributed by atoms with van der Waals surface area (Å²) in [6.45, 7) is 0.935. The van der Waals surface area contributed by atoms with E-state index in [9.17, 15) is 19.1 Å². The number of nitrogens with one attached hydrogen (secondary N) is 2. The highest BCUT2D eigenvalue weighted by Crippen LogP contribution is 2.29. The van der Waals surface area contributed by atoms with Crippen LogP contribution in [0.1, 0.15) is 12.0 Å². The molecular formula is C22H24Cl2FN3O4. The molecule has 0 spiro atoms. The molecule has 1 aliphatic rings. The second-order valence-corrected chi connectivity index (χ2v) is 8.25. The maximum atomic E-state index is 13.3. The molecule has 0 unspecified atom stereocenters. The number of halogens is 3. The second kappa shape index (κ2) is 11.4. The molecule has 3 N–H and O–H groups in total.